The number of carbonyl (C=O) groups excluding carboxylic acids is 4. The molecule has 0 atom stereocenters. The predicted octanol–water partition coefficient (Wildman–Crippen LogP) is 9.56. The molecule has 0 aromatic heterocycles. The average molecular weight is 2010 g/mol. The zero-order valence-corrected chi connectivity index (χ0v) is 87.3. The van der Waals surface area contributed by atoms with Crippen LogP contribution in [0.4, 0.5) is 73.9 Å². The van der Waals surface area contributed by atoms with E-state index in [1.165, 1.54) is 28.7 Å². The summed E-state index contributed by atoms with van der Waals surface area (Å²) >= 11 is 0. The maximum absolute atomic E-state index is 12.2. The molecule has 39 heteroatoms. The van der Waals surface area contributed by atoms with Gasteiger partial charge in [-0.3, -0.25) is 28.2 Å². The number of morpholine rings is 7. The molecule has 141 heavy (non-hydrogen) atoms. The van der Waals surface area contributed by atoms with Crippen LogP contribution < -0.4 is 63.8 Å². The molecule has 0 aliphatic carbocycles. The molecule has 0 spiro atoms. The third-order valence-corrected chi connectivity index (χ3v) is 25.6. The van der Waals surface area contributed by atoms with Crippen molar-refractivity contribution in [3.8, 4) is 0 Å². The number of hydrogen-bond acceptors (Lipinski definition) is 31. The van der Waals surface area contributed by atoms with Crippen LogP contribution in [-0.4, -0.2) is 359 Å². The first-order chi connectivity index (χ1) is 68.0. The number of nitrogens with zero attached hydrogens (tertiary/aromatic N) is 12. The zero-order valence-electron chi connectivity index (χ0n) is 85.7. The summed E-state index contributed by atoms with van der Waals surface area (Å²) in [6.07, 6.45) is 3.94. The lowest BCUT2D eigenvalue weighted by Crippen LogP contribution is -2.37. The molecule has 7 aromatic rings. The molecule has 8 saturated heterocycles. The Morgan fingerprint density at radius 3 is 1.01 bits per heavy atom. The highest BCUT2D eigenvalue weighted by molar-refractivity contribution is 7.92. The molecule has 780 valence electrons. The number of carbonyl (C=O) groups is 4. The Bertz CT molecular complexity index is 5200. The number of nitrogens with one attached hydrogen (secondary N) is 3. The second-order valence-electron chi connectivity index (χ2n) is 35.2. The number of amides is 4. The van der Waals surface area contributed by atoms with E-state index in [1.807, 2.05) is 135 Å². The number of benzene rings is 7. The lowest BCUT2D eigenvalue weighted by Gasteiger charge is -2.31. The number of para-hydroxylation sites is 1. The normalized spacial score (nSPS) is 16.3. The van der Waals surface area contributed by atoms with Crippen LogP contribution in [0.15, 0.2) is 133 Å². The van der Waals surface area contributed by atoms with Crippen LogP contribution in [0.2, 0.25) is 0 Å². The van der Waals surface area contributed by atoms with Gasteiger partial charge in [-0.05, 0) is 144 Å². The number of sulfonamides is 2. The molecule has 7 aromatic carbocycles. The Kier molecular flexibility index (Phi) is 49.1. The van der Waals surface area contributed by atoms with Crippen LogP contribution in [0.25, 0.3) is 0 Å². The summed E-state index contributed by atoms with van der Waals surface area (Å²) in [6, 6.07) is 43.8. The van der Waals surface area contributed by atoms with Crippen molar-refractivity contribution in [2.24, 2.45) is 0 Å². The van der Waals surface area contributed by atoms with Gasteiger partial charge in [0.05, 0.1) is 170 Å². The van der Waals surface area contributed by atoms with Crippen molar-refractivity contribution in [3.63, 3.8) is 0 Å². The van der Waals surface area contributed by atoms with Crippen LogP contribution in [0.5, 0.6) is 0 Å². The predicted molar refractivity (Wildman–Crippen MR) is 558 cm³/mol. The summed E-state index contributed by atoms with van der Waals surface area (Å²) in [7, 11) is 16.1. The summed E-state index contributed by atoms with van der Waals surface area (Å²) in [6.45, 7) is 29.6. The first-order valence-corrected chi connectivity index (χ1v) is 51.6. The van der Waals surface area contributed by atoms with Crippen LogP contribution in [0, 0.1) is 0 Å². The summed E-state index contributed by atoms with van der Waals surface area (Å²) < 4.78 is 124. The van der Waals surface area contributed by atoms with Gasteiger partial charge in [-0.1, -0.05) is 24.3 Å². The number of methoxy groups -OCH3 is 7. The Labute approximate surface area is 835 Å². The standard InChI is InChI=1S/C17H27N3O3.C16H25N3O3.C16H22N2O3.C14H22N2O4S.C14H20N2O3.C13H20N2O4S.C12H17NO2/c1-18(2)12-17(21)19(3)15-5-6-16(14(11-15)13-22-4)20-7-9-23-10-8-20;1-18(2)11-16(20)17-14-4-5-15(13(10-14)12-21-3)19-6-8-22-9-7-19;1-20-12-13-4-5-14(18-6-2-3-16(18)19)11-15(13)17-7-9-21-10-8-17;1-15(21(3,17)18)13-4-5-14(12(10-13)11-19-2)16-6-8-20-9-7-16;1-11(17)15-13-3-4-14(12(9-13)10-18-2)16-5-7-19-8-6-16;1-18-10-11-9-12(14-20(2,16)17)3-4-13(11)15-5-7-19-8-6-15;1-14-10-11-4-2-3-5-12(11)13-6-8-15-9-7-13/h5-6,11H,7-10,12-13H2,1-4H3;4-5,10H,6-9,11-12H2,1-3H3,(H,17,20);4-5,11H,2-3,6-10,12H2,1H3;4-5,10H,6-9,11H2,1-3H3;3-4,9H,5-8,10H2,1-2H3,(H,15,17);3-4,9,14H,5-8,10H2,1-2H3;2-5H,6-10H2,1H3. The largest absolute Gasteiger partial charge is 0.380 e. The molecule has 0 radical (unpaired) electrons. The van der Waals surface area contributed by atoms with Gasteiger partial charge < -0.3 is 131 Å². The minimum absolute atomic E-state index is 0.0208. The van der Waals surface area contributed by atoms with Crippen molar-refractivity contribution in [3.05, 3.63) is 172 Å². The summed E-state index contributed by atoms with van der Waals surface area (Å²) in [5.74, 6) is 0.204. The van der Waals surface area contributed by atoms with Crippen LogP contribution >= 0.6 is 0 Å². The number of rotatable bonds is 33. The maximum Gasteiger partial charge on any atom is 0.240 e. The summed E-state index contributed by atoms with van der Waals surface area (Å²) in [5.41, 5.74) is 20.3. The van der Waals surface area contributed by atoms with Crippen LogP contribution in [-0.2, 0) is 152 Å². The van der Waals surface area contributed by atoms with Gasteiger partial charge in [0.15, 0.2) is 0 Å². The van der Waals surface area contributed by atoms with Crippen molar-refractivity contribution in [1.29, 1.82) is 0 Å². The Morgan fingerprint density at radius 1 is 0.348 bits per heavy atom. The van der Waals surface area contributed by atoms with Crippen LogP contribution in [0.1, 0.15) is 58.7 Å². The molecule has 8 aliphatic heterocycles. The van der Waals surface area contributed by atoms with E-state index in [-0.39, 0.29) is 23.6 Å². The second-order valence-corrected chi connectivity index (χ2v) is 39.0. The Morgan fingerprint density at radius 2 is 0.660 bits per heavy atom. The molecular weight excluding hydrogens is 1850 g/mol. The minimum atomic E-state index is -3.27. The van der Waals surface area contributed by atoms with E-state index in [0.29, 0.717) is 104 Å². The number of hydrogen-bond donors (Lipinski definition) is 3. The second kappa shape index (κ2) is 60.5. The molecule has 0 unspecified atom stereocenters. The maximum atomic E-state index is 12.2. The van der Waals surface area contributed by atoms with E-state index in [4.69, 9.17) is 66.3 Å². The SMILES string of the molecule is COCc1cc(N(C)C(=O)CN(C)C)ccc1N1CCOCC1.COCc1cc(N(C)S(C)(=O)=O)ccc1N1CCOCC1.COCc1cc(NC(=O)CN(C)C)ccc1N1CCOCC1.COCc1cc(NC(C)=O)ccc1N1CCOCC1.COCc1cc(NS(C)(=O)=O)ccc1N1CCOCC1.COCc1ccc(N2CCCC2=O)cc1N1CCOCC1.COCc1ccccc1N1CCOCC1. The lowest BCUT2D eigenvalue weighted by molar-refractivity contribution is -0.119. The molecule has 4 amide bonds. The number of ether oxygens (including phenoxy) is 14. The van der Waals surface area contributed by atoms with Crippen molar-refractivity contribution in [2.75, 3.05) is 372 Å². The fraction of sp³-hybridized carbons (Fsp3) is 0.549. The summed E-state index contributed by atoms with van der Waals surface area (Å²) in [4.78, 5) is 70.5. The first-order valence-electron chi connectivity index (χ1n) is 47.9. The minimum Gasteiger partial charge on any atom is -0.380 e. The molecule has 0 bridgehead atoms. The zero-order chi connectivity index (χ0) is 102. The average Bonchev–Trinajstić information content (AvgIpc) is 1.78. The van der Waals surface area contributed by atoms with E-state index in [9.17, 15) is 36.0 Å². The van der Waals surface area contributed by atoms with Gasteiger partial charge in [-0.25, -0.2) is 16.8 Å². The molecule has 15 rings (SSSR count). The van der Waals surface area contributed by atoms with E-state index in [2.05, 4.69) is 92.1 Å². The molecule has 8 fully saturated rings. The van der Waals surface area contributed by atoms with E-state index in [1.54, 1.807) is 67.8 Å². The van der Waals surface area contributed by atoms with Crippen molar-refractivity contribution in [2.45, 2.75) is 66.0 Å². The van der Waals surface area contributed by atoms with Crippen LogP contribution in [0.3, 0.4) is 0 Å². The molecule has 37 nitrogen and oxygen atoms in total. The van der Waals surface area contributed by atoms with E-state index >= 15 is 0 Å². The summed E-state index contributed by atoms with van der Waals surface area (Å²) in [5, 5.41) is 5.72. The van der Waals surface area contributed by atoms with Gasteiger partial charge in [-0.2, -0.15) is 0 Å². The lowest BCUT2D eigenvalue weighted by atomic mass is 10.1. The highest BCUT2D eigenvalue weighted by Gasteiger charge is 2.28. The topological polar surface area (TPSA) is 341 Å². The molecule has 8 heterocycles. The number of likely N-dealkylation sites (N-methyl/N-ethyl adjacent to an activating group) is 3. The highest BCUT2D eigenvalue weighted by Crippen LogP contribution is 2.36. The third-order valence-electron chi connectivity index (χ3n) is 23.8. The van der Waals surface area contributed by atoms with Gasteiger partial charge in [0, 0.05) is 283 Å². The molecule has 8 aliphatic rings. The third kappa shape index (κ3) is 37.9. The molecular formula is C102H153N15O22S2. The Hall–Kier alpha value is -10.1. The van der Waals surface area contributed by atoms with Crippen molar-refractivity contribution >= 4 is 118 Å². The molecule has 3 N–H and O–H groups in total. The Balaban J connectivity index is 0.000000184. The smallest absolute Gasteiger partial charge is 0.240 e. The van der Waals surface area contributed by atoms with Gasteiger partial charge in [0.2, 0.25) is 43.7 Å². The highest BCUT2D eigenvalue weighted by atomic mass is 32.2. The van der Waals surface area contributed by atoms with Gasteiger partial charge in [-0.15, -0.1) is 0 Å². The van der Waals surface area contributed by atoms with E-state index < -0.39 is 20.0 Å². The fourth-order valence-corrected chi connectivity index (χ4v) is 18.0. The fourth-order valence-electron chi connectivity index (χ4n) is 17.0. The van der Waals surface area contributed by atoms with Gasteiger partial charge in [0.1, 0.15) is 0 Å². The van der Waals surface area contributed by atoms with Gasteiger partial charge >= 0.3 is 0 Å². The first kappa shape index (κ1) is 114. The number of anilines is 13. The van der Waals surface area contributed by atoms with E-state index in [0.717, 1.165) is 267 Å². The van der Waals surface area contributed by atoms with Crippen molar-refractivity contribution < 1.29 is 102 Å². The quantitative estimate of drug-likeness (QED) is 0.0344. The van der Waals surface area contributed by atoms with Gasteiger partial charge in [0.25, 0.3) is 0 Å². The molecule has 0 saturated carbocycles. The van der Waals surface area contributed by atoms with Crippen molar-refractivity contribution in [1.82, 2.24) is 9.80 Å². The monoisotopic (exact) mass is 2000 g/mol.